The maximum absolute atomic E-state index is 12.1. The first-order valence-corrected chi connectivity index (χ1v) is 8.27. The van der Waals surface area contributed by atoms with Gasteiger partial charge in [0, 0.05) is 65.5 Å². The highest BCUT2D eigenvalue weighted by Gasteiger charge is 2.23. The molecule has 1 fully saturated rings. The van der Waals surface area contributed by atoms with Gasteiger partial charge in [-0.3, -0.25) is 14.6 Å². The van der Waals surface area contributed by atoms with Crippen LogP contribution < -0.4 is 0 Å². The average Bonchev–Trinajstić information content (AvgIpc) is 2.53. The lowest BCUT2D eigenvalue weighted by molar-refractivity contribution is 0.0557. The first kappa shape index (κ1) is 17.9. The zero-order chi connectivity index (χ0) is 16.8. The molecule has 1 aromatic carbocycles. The van der Waals surface area contributed by atoms with Crippen molar-refractivity contribution >= 4 is 5.91 Å². The smallest absolute Gasteiger partial charge is 0.253 e. The minimum absolute atomic E-state index is 0.0598. The maximum Gasteiger partial charge on any atom is 0.253 e. The van der Waals surface area contributed by atoms with Crippen LogP contribution in [0.15, 0.2) is 24.3 Å². The summed E-state index contributed by atoms with van der Waals surface area (Å²) in [6.45, 7) is 8.14. The first-order chi connectivity index (χ1) is 11.0. The minimum atomic E-state index is 0.0598. The summed E-state index contributed by atoms with van der Waals surface area (Å²) in [7, 11) is 5.33. The Bertz CT molecular complexity index is 519. The number of carbonyl (C=O) groups excluding carboxylic acids is 1. The number of piperazine rings is 1. The number of carbonyl (C=O) groups is 1. The van der Waals surface area contributed by atoms with Crippen LogP contribution in [0.1, 0.15) is 22.8 Å². The molecule has 2 rings (SSSR count). The molecule has 0 aliphatic carbocycles. The highest BCUT2D eigenvalue weighted by molar-refractivity contribution is 5.94. The molecule has 1 saturated heterocycles. The van der Waals surface area contributed by atoms with Crippen LogP contribution in [0.3, 0.4) is 0 Å². The number of nitrogens with zero attached hydrogens (tertiary/aromatic N) is 3. The summed E-state index contributed by atoms with van der Waals surface area (Å²) in [5.74, 6) is 0.0598. The van der Waals surface area contributed by atoms with Gasteiger partial charge in [0.25, 0.3) is 5.91 Å². The summed E-state index contributed by atoms with van der Waals surface area (Å²) in [6.07, 6.45) is 0. The monoisotopic (exact) mass is 319 g/mol. The standard InChI is InChI=1S/C18H29N3O2/c1-15-13-20(8-9-21(15)10-11-23-4)14-16-6-5-7-17(12-16)18(22)19(2)3/h5-7,12,15H,8-11,13-14H2,1-4H3/t15-/m1/s1. The van der Waals surface area contributed by atoms with Gasteiger partial charge < -0.3 is 9.64 Å². The molecule has 0 bridgehead atoms. The van der Waals surface area contributed by atoms with Crippen molar-refractivity contribution in [3.05, 3.63) is 35.4 Å². The van der Waals surface area contributed by atoms with Gasteiger partial charge in [-0.15, -0.1) is 0 Å². The van der Waals surface area contributed by atoms with E-state index in [-0.39, 0.29) is 5.91 Å². The molecule has 1 aromatic rings. The summed E-state index contributed by atoms with van der Waals surface area (Å²) >= 11 is 0. The molecule has 0 saturated carbocycles. The Morgan fingerprint density at radius 3 is 2.78 bits per heavy atom. The van der Waals surface area contributed by atoms with Gasteiger partial charge in [0.15, 0.2) is 0 Å². The van der Waals surface area contributed by atoms with E-state index < -0.39 is 0 Å². The molecule has 1 aliphatic rings. The van der Waals surface area contributed by atoms with E-state index in [9.17, 15) is 4.79 Å². The first-order valence-electron chi connectivity index (χ1n) is 8.27. The summed E-state index contributed by atoms with van der Waals surface area (Å²) in [5.41, 5.74) is 1.97. The van der Waals surface area contributed by atoms with E-state index in [1.807, 2.05) is 18.2 Å². The molecule has 1 aliphatic heterocycles. The molecular weight excluding hydrogens is 290 g/mol. The fourth-order valence-electron chi connectivity index (χ4n) is 3.07. The molecule has 1 heterocycles. The van der Waals surface area contributed by atoms with Crippen LogP contribution in [0.25, 0.3) is 0 Å². The molecule has 0 unspecified atom stereocenters. The molecule has 1 amide bonds. The largest absolute Gasteiger partial charge is 0.383 e. The van der Waals surface area contributed by atoms with E-state index in [1.54, 1.807) is 26.1 Å². The van der Waals surface area contributed by atoms with Crippen LogP contribution in [0, 0.1) is 0 Å². The molecule has 0 N–H and O–H groups in total. The van der Waals surface area contributed by atoms with E-state index in [0.29, 0.717) is 6.04 Å². The summed E-state index contributed by atoms with van der Waals surface area (Å²) in [6, 6.07) is 8.52. The Morgan fingerprint density at radius 2 is 2.13 bits per heavy atom. The fourth-order valence-corrected chi connectivity index (χ4v) is 3.07. The molecule has 5 nitrogen and oxygen atoms in total. The van der Waals surface area contributed by atoms with Crippen LogP contribution >= 0.6 is 0 Å². The van der Waals surface area contributed by atoms with Crippen LogP contribution in [0.2, 0.25) is 0 Å². The van der Waals surface area contributed by atoms with Crippen molar-refractivity contribution in [2.45, 2.75) is 19.5 Å². The Kier molecular flexibility index (Phi) is 6.57. The van der Waals surface area contributed by atoms with Crippen LogP contribution in [0.5, 0.6) is 0 Å². The fraction of sp³-hybridized carbons (Fsp3) is 0.611. The van der Waals surface area contributed by atoms with Gasteiger partial charge in [0.2, 0.25) is 0 Å². The van der Waals surface area contributed by atoms with Gasteiger partial charge >= 0.3 is 0 Å². The number of benzene rings is 1. The van der Waals surface area contributed by atoms with Gasteiger partial charge in [-0.05, 0) is 24.6 Å². The van der Waals surface area contributed by atoms with Crippen LogP contribution in [-0.2, 0) is 11.3 Å². The molecule has 1 atom stereocenters. The third-order valence-corrected chi connectivity index (χ3v) is 4.42. The van der Waals surface area contributed by atoms with Gasteiger partial charge in [0.05, 0.1) is 6.61 Å². The highest BCUT2D eigenvalue weighted by atomic mass is 16.5. The number of hydrogen-bond acceptors (Lipinski definition) is 4. The van der Waals surface area contributed by atoms with E-state index in [0.717, 1.165) is 44.9 Å². The molecule has 0 spiro atoms. The van der Waals surface area contributed by atoms with Crippen molar-refractivity contribution in [2.75, 3.05) is 54.0 Å². The van der Waals surface area contributed by atoms with Crippen molar-refractivity contribution in [2.24, 2.45) is 0 Å². The van der Waals surface area contributed by atoms with Crippen molar-refractivity contribution in [3.8, 4) is 0 Å². The van der Waals surface area contributed by atoms with Gasteiger partial charge in [0.1, 0.15) is 0 Å². The Hall–Kier alpha value is -1.43. The normalized spacial score (nSPS) is 19.7. The van der Waals surface area contributed by atoms with E-state index in [1.165, 1.54) is 5.56 Å². The number of hydrogen-bond donors (Lipinski definition) is 0. The Morgan fingerprint density at radius 1 is 1.35 bits per heavy atom. The zero-order valence-electron chi connectivity index (χ0n) is 14.8. The van der Waals surface area contributed by atoms with E-state index in [2.05, 4.69) is 22.8 Å². The zero-order valence-corrected chi connectivity index (χ0v) is 14.8. The predicted octanol–water partition coefficient (Wildman–Crippen LogP) is 1.54. The second kappa shape index (κ2) is 8.43. The van der Waals surface area contributed by atoms with E-state index in [4.69, 9.17) is 4.74 Å². The van der Waals surface area contributed by atoms with Gasteiger partial charge in [-0.25, -0.2) is 0 Å². The highest BCUT2D eigenvalue weighted by Crippen LogP contribution is 2.14. The Labute approximate surface area is 139 Å². The summed E-state index contributed by atoms with van der Waals surface area (Å²) in [4.78, 5) is 18.6. The lowest BCUT2D eigenvalue weighted by atomic mass is 10.1. The van der Waals surface area contributed by atoms with Crippen molar-refractivity contribution < 1.29 is 9.53 Å². The molecule has 128 valence electrons. The topological polar surface area (TPSA) is 36.0 Å². The number of amides is 1. The Balaban J connectivity index is 1.93. The molecular formula is C18H29N3O2. The van der Waals surface area contributed by atoms with Gasteiger partial charge in [-0.2, -0.15) is 0 Å². The summed E-state index contributed by atoms with van der Waals surface area (Å²) < 4.78 is 5.18. The average molecular weight is 319 g/mol. The van der Waals surface area contributed by atoms with Crippen molar-refractivity contribution in [1.82, 2.24) is 14.7 Å². The van der Waals surface area contributed by atoms with E-state index >= 15 is 0 Å². The predicted molar refractivity (Wildman–Crippen MR) is 92.6 cm³/mol. The quantitative estimate of drug-likeness (QED) is 0.797. The van der Waals surface area contributed by atoms with Crippen molar-refractivity contribution in [1.29, 1.82) is 0 Å². The van der Waals surface area contributed by atoms with Crippen LogP contribution in [-0.4, -0.2) is 80.6 Å². The maximum atomic E-state index is 12.1. The third kappa shape index (κ3) is 5.03. The SMILES string of the molecule is COCCN1CCN(Cc2cccc(C(=O)N(C)C)c2)C[C@H]1C. The van der Waals surface area contributed by atoms with Crippen molar-refractivity contribution in [3.63, 3.8) is 0 Å². The summed E-state index contributed by atoms with van der Waals surface area (Å²) in [5, 5.41) is 0. The molecule has 0 radical (unpaired) electrons. The third-order valence-electron chi connectivity index (χ3n) is 4.42. The lowest BCUT2D eigenvalue weighted by Crippen LogP contribution is -2.52. The molecule has 0 aromatic heterocycles. The second-order valence-corrected chi connectivity index (χ2v) is 6.51. The molecule has 23 heavy (non-hydrogen) atoms. The number of ether oxygens (including phenoxy) is 1. The minimum Gasteiger partial charge on any atom is -0.383 e. The van der Waals surface area contributed by atoms with Crippen LogP contribution in [0.4, 0.5) is 0 Å². The number of methoxy groups -OCH3 is 1. The number of rotatable bonds is 6. The van der Waals surface area contributed by atoms with Gasteiger partial charge in [-0.1, -0.05) is 12.1 Å². The lowest BCUT2D eigenvalue weighted by Gasteiger charge is -2.39. The molecule has 5 heteroatoms. The second-order valence-electron chi connectivity index (χ2n) is 6.51.